The predicted octanol–water partition coefficient (Wildman–Crippen LogP) is 4.72. The molecule has 0 radical (unpaired) electrons. The highest BCUT2D eigenvalue weighted by Gasteiger charge is 2.56. The van der Waals surface area contributed by atoms with Gasteiger partial charge in [-0.1, -0.05) is 29.3 Å². The zero-order chi connectivity index (χ0) is 29.3. The average Bonchev–Trinajstić information content (AvgIpc) is 3.21. The zero-order valence-corrected chi connectivity index (χ0v) is 23.7. The molecule has 6 rings (SSSR count). The van der Waals surface area contributed by atoms with Crippen molar-refractivity contribution in [1.29, 1.82) is 0 Å². The third kappa shape index (κ3) is 4.07. The van der Waals surface area contributed by atoms with Crippen molar-refractivity contribution in [2.75, 3.05) is 12.0 Å². The number of allylic oxidation sites excluding steroid dienone is 6. The Bertz CT molecular complexity index is 1710. The standard InChI is InChI=1S/C30H21BrClNO8/c1-41-22-9-13(8-20(32)27(22)36)23-15-5-6-16-24(17(15)10-18-25(23)21(34)11-19(31)26(18)35)29(38)33(28(16)37)14-4-2-3-12(7-14)30(39)40/h2-5,7-9,11,16-17,23-24,36H,6,10H2,1H3,(H,39,40). The van der Waals surface area contributed by atoms with Crippen molar-refractivity contribution < 1.29 is 38.9 Å². The molecule has 3 aliphatic carbocycles. The van der Waals surface area contributed by atoms with Crippen LogP contribution < -0.4 is 9.64 Å². The van der Waals surface area contributed by atoms with Gasteiger partial charge in [0.15, 0.2) is 23.1 Å². The molecule has 0 aromatic heterocycles. The van der Waals surface area contributed by atoms with Crippen LogP contribution in [0, 0.1) is 17.8 Å². The van der Waals surface area contributed by atoms with E-state index in [9.17, 15) is 34.2 Å². The van der Waals surface area contributed by atoms with Gasteiger partial charge in [0.2, 0.25) is 11.8 Å². The van der Waals surface area contributed by atoms with Crippen molar-refractivity contribution >= 4 is 62.6 Å². The maximum atomic E-state index is 14.0. The van der Waals surface area contributed by atoms with Crippen molar-refractivity contribution in [3.63, 3.8) is 0 Å². The van der Waals surface area contributed by atoms with Crippen molar-refractivity contribution in [2.45, 2.75) is 18.8 Å². The number of nitrogens with zero attached hydrogens (tertiary/aromatic N) is 1. The van der Waals surface area contributed by atoms with Crippen molar-refractivity contribution in [3.8, 4) is 11.5 Å². The van der Waals surface area contributed by atoms with Gasteiger partial charge in [0.05, 0.1) is 39.7 Å². The maximum absolute atomic E-state index is 14.0. The lowest BCUT2D eigenvalue weighted by Crippen LogP contribution is -2.39. The molecule has 2 aromatic carbocycles. The van der Waals surface area contributed by atoms with Gasteiger partial charge in [-0.25, -0.2) is 4.79 Å². The molecule has 2 N–H and O–H groups in total. The number of imide groups is 1. The van der Waals surface area contributed by atoms with Crippen molar-refractivity contribution in [1.82, 2.24) is 0 Å². The van der Waals surface area contributed by atoms with Crippen LogP contribution in [0.3, 0.4) is 0 Å². The Kier molecular flexibility index (Phi) is 6.50. The van der Waals surface area contributed by atoms with Crippen LogP contribution in [0.1, 0.15) is 34.7 Å². The number of hydrogen-bond acceptors (Lipinski definition) is 7. The van der Waals surface area contributed by atoms with Crippen LogP contribution in [-0.2, 0) is 19.2 Å². The number of carboxylic acids is 1. The first-order chi connectivity index (χ1) is 19.5. The molecule has 11 heteroatoms. The van der Waals surface area contributed by atoms with E-state index in [1.165, 1.54) is 43.5 Å². The van der Waals surface area contributed by atoms with Crippen LogP contribution >= 0.6 is 27.5 Å². The first-order valence-corrected chi connectivity index (χ1v) is 13.9. The first-order valence-electron chi connectivity index (χ1n) is 12.7. The maximum Gasteiger partial charge on any atom is 0.335 e. The van der Waals surface area contributed by atoms with Gasteiger partial charge in [0, 0.05) is 23.1 Å². The van der Waals surface area contributed by atoms with Gasteiger partial charge in [0.1, 0.15) is 0 Å². The number of methoxy groups -OCH3 is 1. The minimum Gasteiger partial charge on any atom is -0.503 e. The smallest absolute Gasteiger partial charge is 0.335 e. The second kappa shape index (κ2) is 9.81. The summed E-state index contributed by atoms with van der Waals surface area (Å²) in [5, 5.41) is 19.8. The number of carbonyl (C=O) groups excluding carboxylic acids is 4. The molecule has 208 valence electrons. The number of hydrogen-bond donors (Lipinski definition) is 2. The van der Waals surface area contributed by atoms with E-state index >= 15 is 0 Å². The van der Waals surface area contributed by atoms with E-state index in [1.54, 1.807) is 6.07 Å². The molecule has 1 heterocycles. The Morgan fingerprint density at radius 2 is 1.85 bits per heavy atom. The Hall–Kier alpha value is -4.02. The number of carbonyl (C=O) groups is 5. The summed E-state index contributed by atoms with van der Waals surface area (Å²) in [6.45, 7) is 0. The number of phenols is 1. The van der Waals surface area contributed by atoms with Gasteiger partial charge in [-0.3, -0.25) is 24.1 Å². The summed E-state index contributed by atoms with van der Waals surface area (Å²) in [7, 11) is 1.36. The lowest BCUT2D eigenvalue weighted by atomic mass is 9.59. The quantitative estimate of drug-likeness (QED) is 0.279. The van der Waals surface area contributed by atoms with E-state index in [0.717, 1.165) is 4.90 Å². The lowest BCUT2D eigenvalue weighted by molar-refractivity contribution is -0.123. The number of phenolic OH excluding ortho intramolecular Hbond substituents is 1. The van der Waals surface area contributed by atoms with Gasteiger partial charge in [0.25, 0.3) is 0 Å². The Balaban J connectivity index is 1.49. The molecular formula is C30H21BrClNO8. The number of anilines is 1. The highest BCUT2D eigenvalue weighted by atomic mass is 79.9. The second-order valence-electron chi connectivity index (χ2n) is 10.3. The highest BCUT2D eigenvalue weighted by Crippen LogP contribution is 2.56. The molecule has 2 aromatic rings. The molecule has 0 saturated carbocycles. The van der Waals surface area contributed by atoms with Crippen LogP contribution in [0.4, 0.5) is 5.69 Å². The predicted molar refractivity (Wildman–Crippen MR) is 150 cm³/mol. The molecule has 1 aliphatic heterocycles. The van der Waals surface area contributed by atoms with Gasteiger partial charge >= 0.3 is 5.97 Å². The van der Waals surface area contributed by atoms with Gasteiger partial charge in [-0.15, -0.1) is 0 Å². The zero-order valence-electron chi connectivity index (χ0n) is 21.4. The molecule has 0 bridgehead atoms. The number of aromatic carboxylic acids is 1. The SMILES string of the molecule is COc1cc(C2C3=CCC4C(=O)N(c5cccc(C(=O)O)c5)C(=O)C4C3CC3=C2C(=O)C=C(Br)C3=O)cc(Cl)c1O. The Labute approximate surface area is 246 Å². The molecule has 4 aliphatic rings. The Morgan fingerprint density at radius 1 is 1.10 bits per heavy atom. The fraction of sp³-hybridized carbons (Fsp3) is 0.233. The molecule has 1 fully saturated rings. The number of ketones is 2. The molecule has 4 unspecified atom stereocenters. The summed E-state index contributed by atoms with van der Waals surface area (Å²) >= 11 is 9.52. The van der Waals surface area contributed by atoms with E-state index in [0.29, 0.717) is 11.1 Å². The third-order valence-corrected chi connectivity index (χ3v) is 9.16. The van der Waals surface area contributed by atoms with Crippen LogP contribution in [0.25, 0.3) is 0 Å². The largest absolute Gasteiger partial charge is 0.503 e. The van der Waals surface area contributed by atoms with Crippen LogP contribution in [0.2, 0.25) is 5.02 Å². The van der Waals surface area contributed by atoms with E-state index in [2.05, 4.69) is 15.9 Å². The number of fused-ring (bicyclic) bond motifs is 3. The summed E-state index contributed by atoms with van der Waals surface area (Å²) in [6, 6.07) is 8.68. The van der Waals surface area contributed by atoms with Crippen molar-refractivity contribution in [2.24, 2.45) is 17.8 Å². The molecule has 0 spiro atoms. The molecule has 41 heavy (non-hydrogen) atoms. The van der Waals surface area contributed by atoms with Gasteiger partial charge in [-0.05, 0) is 70.6 Å². The second-order valence-corrected chi connectivity index (χ2v) is 11.6. The Morgan fingerprint density at radius 3 is 2.56 bits per heavy atom. The van der Waals surface area contributed by atoms with Crippen LogP contribution in [0.5, 0.6) is 11.5 Å². The molecule has 1 saturated heterocycles. The topological polar surface area (TPSA) is 138 Å². The van der Waals surface area contributed by atoms with Crippen LogP contribution in [0.15, 0.2) is 69.8 Å². The number of Topliss-reactive ketones (excluding diaryl/α,β-unsaturated/α-hetero) is 1. The number of ether oxygens (including phenoxy) is 1. The summed E-state index contributed by atoms with van der Waals surface area (Å²) in [5.74, 6) is -6.03. The average molecular weight is 639 g/mol. The van der Waals surface area contributed by atoms with E-state index in [-0.39, 0.29) is 67.8 Å². The minimum absolute atomic E-state index is 0.0131. The minimum atomic E-state index is -1.19. The van der Waals surface area contributed by atoms with Crippen molar-refractivity contribution in [3.05, 3.63) is 85.9 Å². The number of rotatable bonds is 4. The fourth-order valence-corrected chi connectivity index (χ4v) is 7.20. The van der Waals surface area contributed by atoms with Crippen LogP contribution in [-0.4, -0.2) is 46.7 Å². The number of carboxylic acid groups (broad SMARTS) is 1. The molecule has 9 nitrogen and oxygen atoms in total. The van der Waals surface area contributed by atoms with E-state index in [4.69, 9.17) is 16.3 Å². The number of amides is 2. The van der Waals surface area contributed by atoms with Gasteiger partial charge < -0.3 is 14.9 Å². The van der Waals surface area contributed by atoms with E-state index < -0.39 is 41.5 Å². The monoisotopic (exact) mass is 637 g/mol. The first kappa shape index (κ1) is 27.2. The summed E-state index contributed by atoms with van der Waals surface area (Å²) in [4.78, 5) is 66.9. The normalized spacial score (nSPS) is 25.4. The third-order valence-electron chi connectivity index (χ3n) is 8.29. The van der Waals surface area contributed by atoms with Gasteiger partial charge in [-0.2, -0.15) is 0 Å². The number of benzene rings is 2. The number of halogens is 2. The number of aromatic hydroxyl groups is 1. The molecule has 4 atom stereocenters. The lowest BCUT2D eigenvalue weighted by Gasteiger charge is -2.42. The highest BCUT2D eigenvalue weighted by molar-refractivity contribution is 9.12. The summed E-state index contributed by atoms with van der Waals surface area (Å²) in [6.07, 6.45) is 3.35. The summed E-state index contributed by atoms with van der Waals surface area (Å²) < 4.78 is 5.39. The molecular weight excluding hydrogens is 618 g/mol. The molecule has 2 amide bonds. The fourth-order valence-electron chi connectivity index (χ4n) is 6.53. The summed E-state index contributed by atoms with van der Waals surface area (Å²) in [5.41, 5.74) is 1.78. The van der Waals surface area contributed by atoms with E-state index in [1.807, 2.05) is 6.08 Å².